The largest absolute Gasteiger partial charge is 0.350 e. The van der Waals surface area contributed by atoms with E-state index in [1.807, 2.05) is 49.7 Å². The molecule has 1 aromatic carbocycles. The lowest BCUT2D eigenvalue weighted by molar-refractivity contribution is 0.329. The number of hydrogen-bond acceptors (Lipinski definition) is 7. The number of nitrogens with zero attached hydrogens (tertiary/aromatic N) is 6. The third kappa shape index (κ3) is 4.09. The third-order valence-electron chi connectivity index (χ3n) is 6.29. The van der Waals surface area contributed by atoms with E-state index in [2.05, 4.69) is 26.1 Å². The van der Waals surface area contributed by atoms with Gasteiger partial charge in [0.15, 0.2) is 11.5 Å². The Hall–Kier alpha value is -2.84. The molecular weight excluding hydrogens is 448 g/mol. The van der Waals surface area contributed by atoms with E-state index < -0.39 is 5.54 Å². The second-order valence-corrected chi connectivity index (χ2v) is 11.4. The minimum Gasteiger partial charge on any atom is -0.350 e. The molecule has 34 heavy (non-hydrogen) atoms. The Morgan fingerprint density at radius 3 is 2.44 bits per heavy atom. The number of aryl methyl sites for hydroxylation is 1. The number of nitrogens with one attached hydrogen (secondary N) is 1. The maximum atomic E-state index is 6.48. The molecule has 4 aromatic rings. The van der Waals surface area contributed by atoms with Gasteiger partial charge in [-0.3, -0.25) is 9.97 Å². The van der Waals surface area contributed by atoms with Crippen molar-refractivity contribution in [1.29, 1.82) is 0 Å². The molecule has 0 bridgehead atoms. The van der Waals surface area contributed by atoms with Gasteiger partial charge in [-0.15, -0.1) is 5.10 Å². The van der Waals surface area contributed by atoms with E-state index in [4.69, 9.17) is 42.4 Å². The molecule has 178 valence electrons. The Kier molecular flexibility index (Phi) is 5.29. The van der Waals surface area contributed by atoms with E-state index in [1.165, 1.54) is 0 Å². The number of para-hydroxylation sites is 1. The zero-order valence-corrected chi connectivity index (χ0v) is 21.3. The Bertz CT molecular complexity index is 1390. The van der Waals surface area contributed by atoms with Gasteiger partial charge in [0, 0.05) is 22.8 Å². The van der Waals surface area contributed by atoms with Crippen molar-refractivity contribution in [2.75, 3.05) is 5.32 Å². The van der Waals surface area contributed by atoms with E-state index in [1.54, 1.807) is 0 Å². The van der Waals surface area contributed by atoms with Crippen LogP contribution < -0.4 is 11.1 Å². The average molecular weight is 479 g/mol. The normalized spacial score (nSPS) is 18.9. The molecule has 9 heteroatoms. The monoisotopic (exact) mass is 478 g/mol. The first-order chi connectivity index (χ1) is 15.9. The third-order valence-corrected chi connectivity index (χ3v) is 6.60. The van der Waals surface area contributed by atoms with Crippen LogP contribution in [-0.4, -0.2) is 35.1 Å². The molecule has 1 saturated carbocycles. The van der Waals surface area contributed by atoms with Gasteiger partial charge in [0.25, 0.3) is 0 Å². The summed E-state index contributed by atoms with van der Waals surface area (Å²) in [5.41, 5.74) is 9.79. The first-order valence-electron chi connectivity index (χ1n) is 11.7. The van der Waals surface area contributed by atoms with Crippen LogP contribution in [0.3, 0.4) is 0 Å². The second-order valence-electron chi connectivity index (χ2n) is 11.0. The zero-order valence-electron chi connectivity index (χ0n) is 20.5. The molecule has 8 nitrogen and oxygen atoms in total. The Labute approximate surface area is 204 Å². The molecule has 0 atom stereocenters. The number of fused-ring (bicyclic) bond motifs is 3. The molecule has 1 fully saturated rings. The molecule has 0 saturated heterocycles. The fourth-order valence-electron chi connectivity index (χ4n) is 4.46. The Balaban J connectivity index is 1.47. The lowest BCUT2D eigenvalue weighted by Crippen LogP contribution is -2.31. The first kappa shape index (κ1) is 22.9. The summed E-state index contributed by atoms with van der Waals surface area (Å²) in [6, 6.07) is 5.76. The van der Waals surface area contributed by atoms with Crippen molar-refractivity contribution in [3.05, 3.63) is 52.3 Å². The highest BCUT2D eigenvalue weighted by molar-refractivity contribution is 6.35. The number of nitrogens with two attached hydrogens (primary N) is 1. The molecule has 1 aliphatic rings. The fourth-order valence-corrected chi connectivity index (χ4v) is 4.67. The van der Waals surface area contributed by atoms with Crippen molar-refractivity contribution in [2.24, 2.45) is 5.73 Å². The number of benzene rings is 1. The predicted molar refractivity (Wildman–Crippen MR) is 135 cm³/mol. The second kappa shape index (κ2) is 7.85. The summed E-state index contributed by atoms with van der Waals surface area (Å²) in [5.74, 6) is 2.07. The maximum absolute atomic E-state index is 6.48. The van der Waals surface area contributed by atoms with E-state index in [0.717, 1.165) is 52.3 Å². The topological polar surface area (TPSA) is 107 Å². The number of halogens is 1. The van der Waals surface area contributed by atoms with Crippen molar-refractivity contribution in [3.63, 3.8) is 0 Å². The molecule has 3 heterocycles. The summed E-state index contributed by atoms with van der Waals surface area (Å²) in [6.45, 7) is 12.2. The molecule has 5 rings (SSSR count). The summed E-state index contributed by atoms with van der Waals surface area (Å²) in [4.78, 5) is 19.2. The predicted octanol–water partition coefficient (Wildman–Crippen LogP) is 5.09. The molecular formula is C25H31ClN8. The van der Waals surface area contributed by atoms with Gasteiger partial charge >= 0.3 is 0 Å². The van der Waals surface area contributed by atoms with Crippen molar-refractivity contribution < 1.29 is 0 Å². The SMILES string of the molecule is Cc1nc(C(C)(C)N)cnc1[C@H]1C[C@H](c2nc3c4cccc(Cl)c4nc(NC(C)(C)C)n3n2)C1. The summed E-state index contributed by atoms with van der Waals surface area (Å²) in [5, 5.41) is 9.83. The quantitative estimate of drug-likeness (QED) is 0.420. The summed E-state index contributed by atoms with van der Waals surface area (Å²) in [7, 11) is 0. The van der Waals surface area contributed by atoms with Crippen LogP contribution in [-0.2, 0) is 5.54 Å². The lowest BCUT2D eigenvalue weighted by Gasteiger charge is -2.33. The molecule has 0 spiro atoms. The van der Waals surface area contributed by atoms with Gasteiger partial charge in [-0.25, -0.2) is 9.97 Å². The van der Waals surface area contributed by atoms with Gasteiger partial charge in [-0.05, 0) is 66.5 Å². The molecule has 0 aliphatic heterocycles. The molecule has 0 amide bonds. The zero-order chi connectivity index (χ0) is 24.4. The average Bonchev–Trinajstić information content (AvgIpc) is 3.12. The van der Waals surface area contributed by atoms with Crippen LogP contribution in [0, 0.1) is 6.92 Å². The van der Waals surface area contributed by atoms with Gasteiger partial charge < -0.3 is 11.1 Å². The summed E-state index contributed by atoms with van der Waals surface area (Å²) >= 11 is 6.48. The van der Waals surface area contributed by atoms with Crippen molar-refractivity contribution in [1.82, 2.24) is 29.5 Å². The molecule has 0 unspecified atom stereocenters. The molecule has 1 aliphatic carbocycles. The van der Waals surface area contributed by atoms with Crippen LogP contribution >= 0.6 is 11.6 Å². The maximum Gasteiger partial charge on any atom is 0.226 e. The van der Waals surface area contributed by atoms with Crippen LogP contribution in [0.1, 0.15) is 82.2 Å². The van der Waals surface area contributed by atoms with Gasteiger partial charge in [-0.2, -0.15) is 4.52 Å². The van der Waals surface area contributed by atoms with Crippen LogP contribution in [0.4, 0.5) is 5.95 Å². The summed E-state index contributed by atoms with van der Waals surface area (Å²) in [6.07, 6.45) is 3.68. The Morgan fingerprint density at radius 2 is 1.79 bits per heavy atom. The van der Waals surface area contributed by atoms with Gasteiger partial charge in [0.05, 0.1) is 39.4 Å². The molecule has 0 radical (unpaired) electrons. The van der Waals surface area contributed by atoms with E-state index in [9.17, 15) is 0 Å². The number of hydrogen-bond donors (Lipinski definition) is 2. The van der Waals surface area contributed by atoms with Crippen LogP contribution in [0.25, 0.3) is 16.6 Å². The Morgan fingerprint density at radius 1 is 1.06 bits per heavy atom. The highest BCUT2D eigenvalue weighted by Crippen LogP contribution is 2.47. The minimum atomic E-state index is -0.503. The smallest absolute Gasteiger partial charge is 0.226 e. The fraction of sp³-hybridized carbons (Fsp3) is 0.480. The van der Waals surface area contributed by atoms with Crippen molar-refractivity contribution >= 4 is 34.1 Å². The summed E-state index contributed by atoms with van der Waals surface area (Å²) < 4.78 is 1.82. The van der Waals surface area contributed by atoms with Gasteiger partial charge in [-0.1, -0.05) is 17.7 Å². The van der Waals surface area contributed by atoms with Crippen LogP contribution in [0.5, 0.6) is 0 Å². The molecule has 3 aromatic heterocycles. The highest BCUT2D eigenvalue weighted by Gasteiger charge is 2.37. The van der Waals surface area contributed by atoms with Crippen molar-refractivity contribution in [3.8, 4) is 0 Å². The molecule has 3 N–H and O–H groups in total. The van der Waals surface area contributed by atoms with E-state index in [-0.39, 0.29) is 11.5 Å². The minimum absolute atomic E-state index is 0.191. The number of anilines is 1. The highest BCUT2D eigenvalue weighted by atomic mass is 35.5. The number of rotatable bonds is 4. The van der Waals surface area contributed by atoms with Gasteiger partial charge in [0.1, 0.15) is 0 Å². The van der Waals surface area contributed by atoms with E-state index in [0.29, 0.717) is 16.9 Å². The van der Waals surface area contributed by atoms with E-state index >= 15 is 0 Å². The van der Waals surface area contributed by atoms with Crippen molar-refractivity contribution in [2.45, 2.75) is 77.3 Å². The number of aromatic nitrogens is 6. The first-order valence-corrected chi connectivity index (χ1v) is 12.0. The standard InChI is InChI=1S/C25H31ClN8/c1-13-19(28-12-18(29-13)25(5,6)27)14-10-15(11-14)21-31-22-16-8-7-9-17(26)20(16)30-23(34(22)33-21)32-24(2,3)4/h7-9,12,14-15H,10-11,27H2,1-6H3,(H,30,32)/t14-,15-. The van der Waals surface area contributed by atoms with Crippen LogP contribution in [0.15, 0.2) is 24.4 Å². The van der Waals surface area contributed by atoms with Gasteiger partial charge in [0.2, 0.25) is 5.95 Å². The van der Waals surface area contributed by atoms with Crippen LogP contribution in [0.2, 0.25) is 5.02 Å². The lowest BCUT2D eigenvalue weighted by atomic mass is 9.72.